The number of hydrogen-bond acceptors (Lipinski definition) is 5. The molecule has 0 spiro atoms. The van der Waals surface area contributed by atoms with Crippen LogP contribution in [0.1, 0.15) is 10.5 Å². The van der Waals surface area contributed by atoms with Gasteiger partial charge in [0.1, 0.15) is 0 Å². The number of nitrogens with zero attached hydrogens (tertiary/aromatic N) is 2. The van der Waals surface area contributed by atoms with Crippen LogP contribution in [0.2, 0.25) is 0 Å². The molecule has 2 heterocycles. The molecule has 24 heavy (non-hydrogen) atoms. The second kappa shape index (κ2) is 8.22. The van der Waals surface area contributed by atoms with E-state index in [-0.39, 0.29) is 32.6 Å². The number of carboxylic acids is 1. The van der Waals surface area contributed by atoms with Crippen LogP contribution in [-0.4, -0.2) is 21.0 Å². The molecule has 1 aromatic carbocycles. The average Bonchev–Trinajstić information content (AvgIpc) is 2.56. The van der Waals surface area contributed by atoms with Crippen LogP contribution in [0.25, 0.3) is 0 Å². The Morgan fingerprint density at radius 2 is 1.58 bits per heavy atom. The van der Waals surface area contributed by atoms with Gasteiger partial charge in [0.15, 0.2) is 5.69 Å². The minimum atomic E-state index is -1.12. The van der Waals surface area contributed by atoms with Crippen molar-refractivity contribution in [1.82, 2.24) is 9.97 Å². The summed E-state index contributed by atoms with van der Waals surface area (Å²) in [6.07, 6.45) is 1.62. The van der Waals surface area contributed by atoms with Crippen LogP contribution >= 0.6 is 0 Å². The van der Waals surface area contributed by atoms with E-state index in [4.69, 9.17) is 14.6 Å². The number of carboxylic acid groups (broad SMARTS) is 1. The summed E-state index contributed by atoms with van der Waals surface area (Å²) in [5, 5.41) is 8.93. The number of benzene rings is 1. The van der Waals surface area contributed by atoms with Crippen molar-refractivity contribution in [2.24, 2.45) is 0 Å². The Hall–Kier alpha value is -2.72. The van der Waals surface area contributed by atoms with E-state index < -0.39 is 5.97 Å². The van der Waals surface area contributed by atoms with Crippen LogP contribution in [0.3, 0.4) is 0 Å². The van der Waals surface area contributed by atoms with Crippen LogP contribution in [0, 0.1) is 6.07 Å². The molecule has 0 bridgehead atoms. The summed E-state index contributed by atoms with van der Waals surface area (Å²) in [5.41, 5.74) is -0.0941. The van der Waals surface area contributed by atoms with Crippen molar-refractivity contribution in [3.05, 3.63) is 72.6 Å². The molecule has 0 aliphatic rings. The standard InChI is InChI=1S/C17H11N2O4.Pt/c20-17(21)14-7-4-9-16(19-14)23-13-6-3-5-12(11-13)22-15-8-1-2-10-18-15;/h1-10H,(H,20,21);/q-1;. The van der Waals surface area contributed by atoms with E-state index in [0.29, 0.717) is 17.4 Å². The molecule has 0 atom stereocenters. The number of ether oxygens (including phenoxy) is 2. The maximum atomic E-state index is 10.9. The first-order chi connectivity index (χ1) is 11.2. The molecule has 0 radical (unpaired) electrons. The van der Waals surface area contributed by atoms with Crippen LogP contribution in [0.15, 0.2) is 60.8 Å². The molecule has 0 aliphatic carbocycles. The summed E-state index contributed by atoms with van der Waals surface area (Å²) in [6, 6.07) is 17.8. The summed E-state index contributed by atoms with van der Waals surface area (Å²) < 4.78 is 11.1. The molecule has 1 N–H and O–H groups in total. The van der Waals surface area contributed by atoms with Crippen LogP contribution < -0.4 is 9.47 Å². The number of pyridine rings is 2. The summed E-state index contributed by atoms with van der Waals surface area (Å²) in [6.45, 7) is 0. The van der Waals surface area contributed by atoms with Crippen molar-refractivity contribution >= 4 is 5.97 Å². The Balaban J connectivity index is 0.00000208. The Bertz CT molecular complexity index is 828. The fraction of sp³-hybridized carbons (Fsp3) is 0. The van der Waals surface area contributed by atoms with Gasteiger partial charge in [-0.25, -0.2) is 14.8 Å². The van der Waals surface area contributed by atoms with Gasteiger partial charge in [0.2, 0.25) is 11.8 Å². The van der Waals surface area contributed by atoms with Gasteiger partial charge in [-0.15, -0.1) is 12.1 Å². The molecule has 0 amide bonds. The first kappa shape index (κ1) is 17.6. The smallest absolute Gasteiger partial charge is 0.354 e. The quantitative estimate of drug-likeness (QED) is 0.538. The molecule has 0 unspecified atom stereocenters. The summed E-state index contributed by atoms with van der Waals surface area (Å²) in [5.74, 6) is 0.263. The molecular formula is C17H11N2O4Pt-. The van der Waals surface area contributed by atoms with E-state index in [1.807, 2.05) is 6.07 Å². The van der Waals surface area contributed by atoms with Crippen molar-refractivity contribution in [1.29, 1.82) is 0 Å². The van der Waals surface area contributed by atoms with E-state index in [1.165, 1.54) is 6.07 Å². The Morgan fingerprint density at radius 1 is 0.917 bits per heavy atom. The van der Waals surface area contributed by atoms with Gasteiger partial charge in [-0.3, -0.25) is 0 Å². The van der Waals surface area contributed by atoms with E-state index in [0.717, 1.165) is 0 Å². The van der Waals surface area contributed by atoms with Crippen LogP contribution in [0.5, 0.6) is 23.3 Å². The molecule has 0 aliphatic heterocycles. The number of hydrogen-bond donors (Lipinski definition) is 1. The van der Waals surface area contributed by atoms with Crippen LogP contribution in [0.4, 0.5) is 0 Å². The monoisotopic (exact) mass is 502 g/mol. The summed E-state index contributed by atoms with van der Waals surface area (Å²) >= 11 is 0. The Morgan fingerprint density at radius 3 is 2.25 bits per heavy atom. The maximum Gasteiger partial charge on any atom is 0.354 e. The van der Waals surface area contributed by atoms with Gasteiger partial charge in [-0.1, -0.05) is 18.2 Å². The Kier molecular flexibility index (Phi) is 6.04. The zero-order valence-electron chi connectivity index (χ0n) is 12.2. The van der Waals surface area contributed by atoms with Crippen molar-refractivity contribution in [3.63, 3.8) is 0 Å². The largest absolute Gasteiger partial charge is 0.477 e. The minimum Gasteiger partial charge on any atom is -0.477 e. The molecule has 0 saturated heterocycles. The molecule has 0 fully saturated rings. The number of aromatic nitrogens is 2. The van der Waals surface area contributed by atoms with Gasteiger partial charge in [-0.05, 0) is 12.1 Å². The van der Waals surface area contributed by atoms with E-state index >= 15 is 0 Å². The number of rotatable bonds is 5. The fourth-order valence-corrected chi connectivity index (χ4v) is 1.77. The second-order valence-corrected chi connectivity index (χ2v) is 4.42. The van der Waals surface area contributed by atoms with E-state index in [9.17, 15) is 4.79 Å². The van der Waals surface area contributed by atoms with Gasteiger partial charge in [0, 0.05) is 50.9 Å². The molecule has 2 aromatic heterocycles. The third-order valence-electron chi connectivity index (χ3n) is 2.75. The Labute approximate surface area is 152 Å². The SMILES string of the molecule is O=C(O)c1cccc(Oc2[c-]c(Oc3ccccn3)ccc2)n1.[Pt]. The molecular weight excluding hydrogens is 491 g/mol. The molecule has 124 valence electrons. The van der Waals surface area contributed by atoms with Crippen molar-refractivity contribution in [2.75, 3.05) is 0 Å². The molecule has 6 nitrogen and oxygen atoms in total. The van der Waals surface area contributed by atoms with E-state index in [1.54, 1.807) is 48.7 Å². The first-order valence-electron chi connectivity index (χ1n) is 6.70. The van der Waals surface area contributed by atoms with Gasteiger partial charge in [0.05, 0.1) is 0 Å². The van der Waals surface area contributed by atoms with Crippen molar-refractivity contribution in [3.8, 4) is 23.3 Å². The van der Waals surface area contributed by atoms with E-state index in [2.05, 4.69) is 16.0 Å². The van der Waals surface area contributed by atoms with Gasteiger partial charge < -0.3 is 14.6 Å². The maximum absolute atomic E-state index is 10.9. The number of aromatic carboxylic acids is 1. The van der Waals surface area contributed by atoms with Gasteiger partial charge in [0.25, 0.3) is 0 Å². The second-order valence-electron chi connectivity index (χ2n) is 4.42. The zero-order valence-corrected chi connectivity index (χ0v) is 14.4. The minimum absolute atomic E-state index is 0. The molecule has 3 rings (SSSR count). The zero-order chi connectivity index (χ0) is 16.1. The molecule has 0 saturated carbocycles. The predicted octanol–water partition coefficient (Wildman–Crippen LogP) is 3.56. The van der Waals surface area contributed by atoms with Crippen molar-refractivity contribution < 1.29 is 40.4 Å². The molecule has 3 aromatic rings. The summed E-state index contributed by atoms with van der Waals surface area (Å²) in [4.78, 5) is 18.9. The van der Waals surface area contributed by atoms with Gasteiger partial charge >= 0.3 is 5.97 Å². The van der Waals surface area contributed by atoms with Crippen LogP contribution in [-0.2, 0) is 21.1 Å². The number of carbonyl (C=O) groups is 1. The predicted molar refractivity (Wildman–Crippen MR) is 80.9 cm³/mol. The first-order valence-corrected chi connectivity index (χ1v) is 6.70. The third kappa shape index (κ3) is 4.63. The molecule has 7 heteroatoms. The average molecular weight is 502 g/mol. The topological polar surface area (TPSA) is 81.5 Å². The summed E-state index contributed by atoms with van der Waals surface area (Å²) in [7, 11) is 0. The normalized spacial score (nSPS) is 9.67. The third-order valence-corrected chi connectivity index (χ3v) is 2.75. The van der Waals surface area contributed by atoms with Gasteiger partial charge in [-0.2, -0.15) is 6.07 Å². The van der Waals surface area contributed by atoms with Crippen molar-refractivity contribution in [2.45, 2.75) is 0 Å². The fourth-order valence-electron chi connectivity index (χ4n) is 1.77.